The molecule has 1 saturated carbocycles. The summed E-state index contributed by atoms with van der Waals surface area (Å²) in [5.74, 6) is 0.702. The molecule has 0 radical (unpaired) electrons. The van der Waals surface area contributed by atoms with E-state index < -0.39 is 17.6 Å². The summed E-state index contributed by atoms with van der Waals surface area (Å²) in [6.45, 7) is 0.286. The van der Waals surface area contributed by atoms with Gasteiger partial charge in [-0.2, -0.15) is 13.2 Å². The topological polar surface area (TPSA) is 59.2 Å². The quantitative estimate of drug-likeness (QED) is 0.852. The molecule has 0 unspecified atom stereocenters. The number of hydrogen-bond acceptors (Lipinski definition) is 4. The van der Waals surface area contributed by atoms with E-state index in [-0.39, 0.29) is 24.0 Å². The second kappa shape index (κ2) is 4.81. The van der Waals surface area contributed by atoms with E-state index in [2.05, 4.69) is 9.97 Å². The first kappa shape index (κ1) is 14.2. The molecule has 8 heteroatoms. The van der Waals surface area contributed by atoms with Crippen molar-refractivity contribution >= 4 is 11.7 Å². The van der Waals surface area contributed by atoms with E-state index in [1.807, 2.05) is 0 Å². The minimum Gasteiger partial charge on any atom is -0.448 e. The Morgan fingerprint density at radius 2 is 2.13 bits per heavy atom. The molecule has 5 nitrogen and oxygen atoms in total. The molecule has 1 fully saturated rings. The van der Waals surface area contributed by atoms with E-state index in [1.54, 1.807) is 0 Å². The molecule has 0 atom stereocenters. The molecule has 120 valence electrons. The zero-order valence-corrected chi connectivity index (χ0v) is 11.9. The van der Waals surface area contributed by atoms with Crippen molar-refractivity contribution in [3.8, 4) is 0 Å². The molecule has 3 heterocycles. The Labute approximate surface area is 129 Å². The molecule has 0 aromatic carbocycles. The van der Waals surface area contributed by atoms with Gasteiger partial charge in [-0.25, -0.2) is 9.97 Å². The average Bonchev–Trinajstić information content (AvgIpc) is 3.10. The van der Waals surface area contributed by atoms with Crippen LogP contribution in [0.15, 0.2) is 22.9 Å². The molecule has 0 saturated heterocycles. The summed E-state index contributed by atoms with van der Waals surface area (Å²) in [5, 5.41) is 0. The van der Waals surface area contributed by atoms with Crippen molar-refractivity contribution in [1.29, 1.82) is 0 Å². The lowest BCUT2D eigenvalue weighted by atomic mass is 10.1. The number of alkyl halides is 3. The van der Waals surface area contributed by atoms with Crippen molar-refractivity contribution in [2.24, 2.45) is 0 Å². The zero-order valence-electron chi connectivity index (χ0n) is 11.9. The van der Waals surface area contributed by atoms with Gasteiger partial charge >= 0.3 is 6.18 Å². The number of nitrogens with zero attached hydrogens (tertiary/aromatic N) is 3. The fraction of sp³-hybridized carbons (Fsp3) is 0.400. The number of pyridine rings is 1. The number of amides is 1. The van der Waals surface area contributed by atoms with Gasteiger partial charge in [-0.1, -0.05) is 0 Å². The Kier molecular flexibility index (Phi) is 2.97. The lowest BCUT2D eigenvalue weighted by molar-refractivity contribution is -0.137. The Bertz CT molecular complexity index is 781. The first-order valence-corrected chi connectivity index (χ1v) is 7.27. The summed E-state index contributed by atoms with van der Waals surface area (Å²) in [4.78, 5) is 21.9. The highest BCUT2D eigenvalue weighted by Gasteiger charge is 2.36. The summed E-state index contributed by atoms with van der Waals surface area (Å²) in [6, 6.07) is 1.05. The normalized spacial score (nSPS) is 17.4. The van der Waals surface area contributed by atoms with Crippen LogP contribution >= 0.6 is 0 Å². The number of oxazole rings is 1. The minimum atomic E-state index is -4.44. The van der Waals surface area contributed by atoms with Crippen LogP contribution in [0.1, 0.15) is 46.3 Å². The van der Waals surface area contributed by atoms with Crippen LogP contribution in [0.4, 0.5) is 19.0 Å². The molecule has 1 aliphatic carbocycles. The van der Waals surface area contributed by atoms with Crippen LogP contribution in [0, 0.1) is 0 Å². The fourth-order valence-corrected chi connectivity index (χ4v) is 2.66. The number of hydrogen-bond donors (Lipinski definition) is 0. The van der Waals surface area contributed by atoms with Crippen LogP contribution in [0.3, 0.4) is 0 Å². The second-order valence-electron chi connectivity index (χ2n) is 5.76. The largest absolute Gasteiger partial charge is 0.448 e. The molecule has 23 heavy (non-hydrogen) atoms. The van der Waals surface area contributed by atoms with E-state index in [0.29, 0.717) is 17.9 Å². The van der Waals surface area contributed by atoms with Gasteiger partial charge < -0.3 is 4.42 Å². The van der Waals surface area contributed by atoms with Gasteiger partial charge in [-0.15, -0.1) is 0 Å². The fourth-order valence-electron chi connectivity index (χ4n) is 2.66. The monoisotopic (exact) mass is 323 g/mol. The average molecular weight is 323 g/mol. The highest BCUT2D eigenvalue weighted by molar-refractivity contribution is 6.05. The van der Waals surface area contributed by atoms with Gasteiger partial charge in [0.2, 0.25) is 0 Å². The Morgan fingerprint density at radius 1 is 1.35 bits per heavy atom. The summed E-state index contributed by atoms with van der Waals surface area (Å²) in [5.41, 5.74) is -0.219. The first-order valence-electron chi connectivity index (χ1n) is 7.27. The van der Waals surface area contributed by atoms with E-state index in [1.165, 1.54) is 11.2 Å². The Balaban J connectivity index is 1.61. The molecule has 0 spiro atoms. The minimum absolute atomic E-state index is 0.168. The zero-order chi connectivity index (χ0) is 16.2. The summed E-state index contributed by atoms with van der Waals surface area (Å²) in [7, 11) is 0. The van der Waals surface area contributed by atoms with Crippen molar-refractivity contribution < 1.29 is 22.4 Å². The molecular weight excluding hydrogens is 311 g/mol. The number of carbonyl (C=O) groups excluding carboxylic acids is 1. The van der Waals surface area contributed by atoms with Crippen LogP contribution in [-0.2, 0) is 12.6 Å². The van der Waals surface area contributed by atoms with Gasteiger partial charge in [0.05, 0.1) is 5.56 Å². The van der Waals surface area contributed by atoms with Gasteiger partial charge in [0, 0.05) is 18.7 Å². The summed E-state index contributed by atoms with van der Waals surface area (Å²) < 4.78 is 43.4. The van der Waals surface area contributed by atoms with Crippen LogP contribution in [0.2, 0.25) is 0 Å². The predicted molar refractivity (Wildman–Crippen MR) is 73.1 cm³/mol. The number of rotatable bonds is 2. The highest BCUT2D eigenvalue weighted by Crippen LogP contribution is 2.39. The number of halogens is 3. The molecule has 2 aromatic rings. The van der Waals surface area contributed by atoms with Gasteiger partial charge in [-0.3, -0.25) is 9.69 Å². The van der Waals surface area contributed by atoms with Crippen molar-refractivity contribution in [1.82, 2.24) is 9.97 Å². The maximum absolute atomic E-state index is 12.7. The van der Waals surface area contributed by atoms with Gasteiger partial charge in [0.1, 0.15) is 12.1 Å². The SMILES string of the molecule is O=C(c1coc(C2CC2)n1)N1CCc2cc(C(F)(F)F)cnc21. The molecule has 1 amide bonds. The molecule has 2 aromatic heterocycles. The first-order chi connectivity index (χ1) is 10.9. The van der Waals surface area contributed by atoms with E-state index in [4.69, 9.17) is 4.42 Å². The number of aromatic nitrogens is 2. The molecule has 4 rings (SSSR count). The third kappa shape index (κ3) is 2.47. The third-order valence-corrected chi connectivity index (χ3v) is 4.04. The van der Waals surface area contributed by atoms with Crippen molar-refractivity contribution in [2.75, 3.05) is 11.4 Å². The van der Waals surface area contributed by atoms with E-state index in [9.17, 15) is 18.0 Å². The number of fused-ring (bicyclic) bond motifs is 1. The molecule has 2 aliphatic rings. The lowest BCUT2D eigenvalue weighted by Crippen LogP contribution is -2.29. The van der Waals surface area contributed by atoms with Gasteiger partial charge in [0.15, 0.2) is 11.6 Å². The Hall–Kier alpha value is -2.38. The summed E-state index contributed by atoms with van der Waals surface area (Å²) in [6.07, 6.45) is -0.0398. The third-order valence-electron chi connectivity index (χ3n) is 4.04. The van der Waals surface area contributed by atoms with Crippen LogP contribution < -0.4 is 4.90 Å². The van der Waals surface area contributed by atoms with Crippen molar-refractivity contribution in [2.45, 2.75) is 31.4 Å². The van der Waals surface area contributed by atoms with E-state index in [0.717, 1.165) is 25.1 Å². The van der Waals surface area contributed by atoms with Crippen molar-refractivity contribution in [3.63, 3.8) is 0 Å². The maximum Gasteiger partial charge on any atom is 0.417 e. The molecular formula is C15H12F3N3O2. The van der Waals surface area contributed by atoms with Crippen molar-refractivity contribution in [3.05, 3.63) is 41.2 Å². The van der Waals surface area contributed by atoms with Gasteiger partial charge in [0.25, 0.3) is 5.91 Å². The van der Waals surface area contributed by atoms with E-state index >= 15 is 0 Å². The van der Waals surface area contributed by atoms with Crippen LogP contribution in [-0.4, -0.2) is 22.4 Å². The Morgan fingerprint density at radius 3 is 2.83 bits per heavy atom. The lowest BCUT2D eigenvalue weighted by Gasteiger charge is -2.15. The maximum atomic E-state index is 12.7. The molecule has 0 N–H and O–H groups in total. The summed E-state index contributed by atoms with van der Waals surface area (Å²) >= 11 is 0. The van der Waals surface area contributed by atoms with Crippen LogP contribution in [0.5, 0.6) is 0 Å². The second-order valence-corrected chi connectivity index (χ2v) is 5.76. The molecule has 1 aliphatic heterocycles. The predicted octanol–water partition coefficient (Wildman–Crippen LogP) is 3.17. The molecule has 0 bridgehead atoms. The van der Waals surface area contributed by atoms with Gasteiger partial charge in [-0.05, 0) is 30.9 Å². The van der Waals surface area contributed by atoms with Crippen LogP contribution in [0.25, 0.3) is 0 Å². The smallest absolute Gasteiger partial charge is 0.417 e. The highest BCUT2D eigenvalue weighted by atomic mass is 19.4. The number of carbonyl (C=O) groups is 1. The standard InChI is InChI=1S/C15H12F3N3O2/c16-15(17,18)10-5-9-3-4-21(12(9)19-6-10)14(22)11-7-23-13(20-11)8-1-2-8/h5-8H,1-4H2. The number of anilines is 1.